The molecule has 2 aliphatic heterocycles. The van der Waals surface area contributed by atoms with Crippen LogP contribution in [0, 0.1) is 0 Å². The van der Waals surface area contributed by atoms with Gasteiger partial charge in [-0.15, -0.1) is 0 Å². The zero-order chi connectivity index (χ0) is 28.0. The molecule has 2 saturated heterocycles. The predicted molar refractivity (Wildman–Crippen MR) is 158 cm³/mol. The van der Waals surface area contributed by atoms with Gasteiger partial charge in [-0.25, -0.2) is 9.78 Å². The number of nitrogens with zero attached hydrogens (tertiary/aromatic N) is 4. The quantitative estimate of drug-likeness (QED) is 0.363. The number of rotatable bonds is 10. The van der Waals surface area contributed by atoms with Gasteiger partial charge in [-0.3, -0.25) is 4.90 Å². The zero-order valence-electron chi connectivity index (χ0n) is 22.9. The molecule has 41 heavy (non-hydrogen) atoms. The van der Waals surface area contributed by atoms with Gasteiger partial charge in [-0.1, -0.05) is 29.3 Å². The summed E-state index contributed by atoms with van der Waals surface area (Å²) in [4.78, 5) is 20.2. The summed E-state index contributed by atoms with van der Waals surface area (Å²) in [5.41, 5.74) is 1.87. The Morgan fingerprint density at radius 1 is 1.15 bits per heavy atom. The van der Waals surface area contributed by atoms with E-state index in [0.29, 0.717) is 41.9 Å². The molecule has 11 nitrogen and oxygen atoms in total. The van der Waals surface area contributed by atoms with E-state index in [0.717, 1.165) is 44.2 Å². The van der Waals surface area contributed by atoms with Crippen LogP contribution in [0.5, 0.6) is 5.75 Å². The Morgan fingerprint density at radius 3 is 2.61 bits per heavy atom. The van der Waals surface area contributed by atoms with Gasteiger partial charge in [0.1, 0.15) is 18.5 Å². The van der Waals surface area contributed by atoms with Crippen molar-refractivity contribution in [3.8, 4) is 5.75 Å². The number of anilines is 1. The summed E-state index contributed by atoms with van der Waals surface area (Å²) in [7, 11) is 1.62. The highest BCUT2D eigenvalue weighted by atomic mass is 35.5. The molecule has 1 aromatic heterocycles. The topological polar surface area (TPSA) is 125 Å². The highest BCUT2D eigenvalue weighted by Crippen LogP contribution is 2.40. The third-order valence-electron chi connectivity index (χ3n) is 7.10. The molecule has 13 heteroatoms. The summed E-state index contributed by atoms with van der Waals surface area (Å²) in [6.45, 7) is 6.31. The summed E-state index contributed by atoms with van der Waals surface area (Å²) >= 11 is 12.7. The lowest BCUT2D eigenvalue weighted by Crippen LogP contribution is -2.49. The number of nitrogens with one attached hydrogen (secondary N) is 2. The van der Waals surface area contributed by atoms with Crippen LogP contribution in [-0.4, -0.2) is 91.6 Å². The molecule has 0 aliphatic carbocycles. The molecular formula is C28H36Cl2N6O5. The molecule has 222 valence electrons. The summed E-state index contributed by atoms with van der Waals surface area (Å²) in [5, 5.41) is 6.43. The van der Waals surface area contributed by atoms with E-state index < -0.39 is 5.79 Å². The van der Waals surface area contributed by atoms with Gasteiger partial charge >= 0.3 is 6.03 Å². The van der Waals surface area contributed by atoms with Crippen molar-refractivity contribution in [1.82, 2.24) is 25.1 Å². The molecule has 2 amide bonds. The molecule has 0 spiro atoms. The van der Waals surface area contributed by atoms with E-state index in [2.05, 4.69) is 37.6 Å². The number of amides is 2. The number of hydrogen-bond donors (Lipinski definition) is 2. The van der Waals surface area contributed by atoms with Gasteiger partial charge in [0.15, 0.2) is 0 Å². The lowest BCUT2D eigenvalue weighted by molar-refractivity contribution is -0.189. The van der Waals surface area contributed by atoms with E-state index in [1.807, 2.05) is 29.0 Å². The van der Waals surface area contributed by atoms with Crippen molar-refractivity contribution in [3.63, 3.8) is 0 Å². The molecule has 0 radical (unpaired) electrons. The van der Waals surface area contributed by atoms with Crippen LogP contribution >= 0.6 is 23.2 Å². The van der Waals surface area contributed by atoms with Crippen LogP contribution in [0.3, 0.4) is 0 Å². The highest BCUT2D eigenvalue weighted by Gasteiger charge is 2.45. The van der Waals surface area contributed by atoms with Crippen molar-refractivity contribution in [2.45, 2.75) is 18.4 Å². The van der Waals surface area contributed by atoms with Crippen LogP contribution in [0.25, 0.3) is 0 Å². The standard InChI is InChI=1S/C28H34Cl2N6O4.H2O/c1-31-27(37)33-9-11-34-12-14-36(15-13-34)22-3-5-23(6-4-22)38-17-24-18-39-28(40-24,19-35-10-8-32-20-35)25-7-2-21(29)16-26(25)30;/h2-8,10,16,20,24H,9,11-15,17-19H2,1H3,(H2,31,33,37);1H2. The van der Waals surface area contributed by atoms with E-state index in [1.165, 1.54) is 0 Å². The van der Waals surface area contributed by atoms with Crippen molar-refractivity contribution >= 4 is 34.9 Å². The SMILES string of the molecule is CNC(=O)NCCN1CCN(c2ccc(OCC3COC(Cn4ccnc4)(c4ccc(Cl)cc4Cl)O3)cc2)CC1.O. The first-order valence-electron chi connectivity index (χ1n) is 13.3. The number of imidazole rings is 1. The summed E-state index contributed by atoms with van der Waals surface area (Å²) in [5.74, 6) is -0.316. The van der Waals surface area contributed by atoms with Gasteiger partial charge in [0.25, 0.3) is 0 Å². The Morgan fingerprint density at radius 2 is 1.93 bits per heavy atom. The molecule has 2 aliphatic rings. The average Bonchev–Trinajstić information content (AvgIpc) is 3.63. The maximum atomic E-state index is 11.3. The van der Waals surface area contributed by atoms with Crippen LogP contribution < -0.4 is 20.3 Å². The zero-order valence-corrected chi connectivity index (χ0v) is 24.4. The number of carbonyl (C=O) groups excluding carboxylic acids is 1. The highest BCUT2D eigenvalue weighted by molar-refractivity contribution is 6.35. The number of benzene rings is 2. The molecule has 4 N–H and O–H groups in total. The molecule has 5 rings (SSSR count). The number of hydrogen-bond acceptors (Lipinski definition) is 7. The minimum Gasteiger partial charge on any atom is -0.491 e. The van der Waals surface area contributed by atoms with E-state index in [-0.39, 0.29) is 17.6 Å². The lowest BCUT2D eigenvalue weighted by Gasteiger charge is -2.36. The summed E-state index contributed by atoms with van der Waals surface area (Å²) in [6, 6.07) is 13.3. The largest absolute Gasteiger partial charge is 0.491 e. The molecule has 2 fully saturated rings. The Labute approximate surface area is 249 Å². The Bertz CT molecular complexity index is 1260. The normalized spacial score (nSPS) is 20.9. The predicted octanol–water partition coefficient (Wildman–Crippen LogP) is 2.76. The van der Waals surface area contributed by atoms with Gasteiger partial charge in [-0.05, 0) is 36.4 Å². The van der Waals surface area contributed by atoms with Crippen molar-refractivity contribution in [2.24, 2.45) is 0 Å². The maximum Gasteiger partial charge on any atom is 0.314 e. The first-order chi connectivity index (χ1) is 19.4. The van der Waals surface area contributed by atoms with Crippen LogP contribution in [0.4, 0.5) is 10.5 Å². The smallest absolute Gasteiger partial charge is 0.314 e. The molecule has 3 aromatic rings. The maximum absolute atomic E-state index is 11.3. The number of halogens is 2. The minimum atomic E-state index is -1.08. The first kappa shape index (κ1) is 30.9. The van der Waals surface area contributed by atoms with Crippen LogP contribution in [-0.2, 0) is 21.8 Å². The number of piperazine rings is 1. The van der Waals surface area contributed by atoms with Crippen molar-refractivity contribution < 1.29 is 24.5 Å². The molecule has 0 saturated carbocycles. The first-order valence-corrected chi connectivity index (χ1v) is 14.1. The summed E-state index contributed by atoms with van der Waals surface area (Å²) < 4.78 is 20.7. The molecule has 0 bridgehead atoms. The molecule has 2 atom stereocenters. The Kier molecular flexibility index (Phi) is 10.7. The fourth-order valence-corrected chi connectivity index (χ4v) is 5.52. The van der Waals surface area contributed by atoms with E-state index >= 15 is 0 Å². The minimum absolute atomic E-state index is 0. The van der Waals surface area contributed by atoms with Gasteiger partial charge in [0, 0.05) is 75.0 Å². The second kappa shape index (κ2) is 14.2. The summed E-state index contributed by atoms with van der Waals surface area (Å²) in [6.07, 6.45) is 4.99. The lowest BCUT2D eigenvalue weighted by atomic mass is 10.1. The van der Waals surface area contributed by atoms with Crippen LogP contribution in [0.2, 0.25) is 10.0 Å². The number of ether oxygens (including phenoxy) is 3. The Hall–Kier alpha value is -3.06. The fraction of sp³-hybridized carbons (Fsp3) is 0.429. The van der Waals surface area contributed by atoms with Gasteiger partial charge in [0.05, 0.1) is 24.5 Å². The van der Waals surface area contributed by atoms with Gasteiger partial charge in [0.2, 0.25) is 5.79 Å². The van der Waals surface area contributed by atoms with E-state index in [4.69, 9.17) is 37.4 Å². The third-order valence-corrected chi connectivity index (χ3v) is 7.65. The van der Waals surface area contributed by atoms with Crippen molar-refractivity contribution in [3.05, 3.63) is 76.8 Å². The second-order valence-electron chi connectivity index (χ2n) is 9.80. The molecule has 2 unspecified atom stereocenters. The van der Waals surface area contributed by atoms with Crippen LogP contribution in [0.15, 0.2) is 61.2 Å². The molecule has 2 aromatic carbocycles. The van der Waals surface area contributed by atoms with Crippen molar-refractivity contribution in [1.29, 1.82) is 0 Å². The monoisotopic (exact) mass is 606 g/mol. The number of urea groups is 1. The average molecular weight is 608 g/mol. The van der Waals surface area contributed by atoms with Crippen LogP contribution in [0.1, 0.15) is 5.56 Å². The van der Waals surface area contributed by atoms with Gasteiger partial charge in [-0.2, -0.15) is 0 Å². The van der Waals surface area contributed by atoms with E-state index in [1.54, 1.807) is 31.7 Å². The molecule has 3 heterocycles. The number of carbonyl (C=O) groups is 1. The molecular weight excluding hydrogens is 571 g/mol. The van der Waals surface area contributed by atoms with E-state index in [9.17, 15) is 4.79 Å². The van der Waals surface area contributed by atoms with Gasteiger partial charge < -0.3 is 39.8 Å². The Balaban J connectivity index is 0.00000387. The fourth-order valence-electron chi connectivity index (χ4n) is 4.96. The second-order valence-corrected chi connectivity index (χ2v) is 10.6. The third kappa shape index (κ3) is 7.82. The number of aromatic nitrogens is 2. The van der Waals surface area contributed by atoms with Crippen molar-refractivity contribution in [2.75, 3.05) is 64.4 Å².